The van der Waals surface area contributed by atoms with Gasteiger partial charge in [-0.25, -0.2) is 21.6 Å². The maximum atomic E-state index is 13.5. The first-order valence-electron chi connectivity index (χ1n) is 11.5. The molecule has 1 heterocycles. The Morgan fingerprint density at radius 3 is 2.05 bits per heavy atom. The highest BCUT2D eigenvalue weighted by molar-refractivity contribution is 7.89. The van der Waals surface area contributed by atoms with Crippen LogP contribution in [0.4, 0.5) is 0 Å². The Bertz CT molecular complexity index is 1600. The second kappa shape index (κ2) is 11.9. The van der Waals surface area contributed by atoms with Gasteiger partial charge in [0.25, 0.3) is 5.91 Å². The van der Waals surface area contributed by atoms with E-state index in [0.717, 1.165) is 0 Å². The van der Waals surface area contributed by atoms with Gasteiger partial charge in [-0.15, -0.1) is 0 Å². The normalized spacial score (nSPS) is 11.8. The largest absolute Gasteiger partial charge is 0.268 e. The number of sulfonamides is 2. The lowest BCUT2D eigenvalue weighted by Gasteiger charge is -2.22. The van der Waals surface area contributed by atoms with Gasteiger partial charge in [0.2, 0.25) is 20.0 Å². The number of carbonyl (C=O) groups is 1. The second-order valence-electron chi connectivity index (χ2n) is 8.42. The molecule has 0 saturated carbocycles. The summed E-state index contributed by atoms with van der Waals surface area (Å²) >= 11 is 5.93. The summed E-state index contributed by atoms with van der Waals surface area (Å²) in [5, 5.41) is 0.417. The summed E-state index contributed by atoms with van der Waals surface area (Å²) in [5.74, 6) is -1.10. The van der Waals surface area contributed by atoms with E-state index >= 15 is 0 Å². The van der Waals surface area contributed by atoms with Crippen LogP contribution in [0.25, 0.3) is 0 Å². The van der Waals surface area contributed by atoms with E-state index in [2.05, 4.69) is 9.71 Å². The summed E-state index contributed by atoms with van der Waals surface area (Å²) in [7, 11) is -7.82. The summed E-state index contributed by atoms with van der Waals surface area (Å²) in [6, 6.07) is 25.7. The molecule has 0 fully saturated rings. The number of nitrogens with one attached hydrogen (secondary N) is 1. The maximum Gasteiger partial charge on any atom is 0.264 e. The van der Waals surface area contributed by atoms with Crippen LogP contribution < -0.4 is 4.72 Å². The number of hydrogen-bond acceptors (Lipinski definition) is 6. The minimum Gasteiger partial charge on any atom is -0.268 e. The molecule has 1 N–H and O–H groups in total. The number of rotatable bonds is 10. The van der Waals surface area contributed by atoms with Crippen LogP contribution in [0.2, 0.25) is 5.02 Å². The third-order valence-electron chi connectivity index (χ3n) is 5.54. The molecule has 196 valence electrons. The Kier molecular flexibility index (Phi) is 8.58. The highest BCUT2D eigenvalue weighted by atomic mass is 35.5. The number of halogens is 1. The molecule has 0 aliphatic carbocycles. The van der Waals surface area contributed by atoms with E-state index in [4.69, 9.17) is 11.6 Å². The Morgan fingerprint density at radius 2 is 1.42 bits per heavy atom. The summed E-state index contributed by atoms with van der Waals surface area (Å²) in [6.45, 7) is 0.0154. The molecular weight excluding hydrogens is 546 g/mol. The monoisotopic (exact) mass is 569 g/mol. The van der Waals surface area contributed by atoms with Crippen LogP contribution in [0.3, 0.4) is 0 Å². The molecule has 1 aromatic heterocycles. The second-order valence-corrected chi connectivity index (χ2v) is 12.5. The van der Waals surface area contributed by atoms with Gasteiger partial charge in [0, 0.05) is 23.3 Å². The molecule has 11 heteroatoms. The average molecular weight is 570 g/mol. The predicted octanol–water partition coefficient (Wildman–Crippen LogP) is 4.39. The number of benzene rings is 3. The van der Waals surface area contributed by atoms with Crippen LogP contribution in [0, 0.1) is 0 Å². The molecule has 1 amide bonds. The third-order valence-corrected chi connectivity index (χ3v) is 8.81. The number of hydrogen-bond donors (Lipinski definition) is 1. The van der Waals surface area contributed by atoms with Gasteiger partial charge >= 0.3 is 0 Å². The molecule has 3 aromatic carbocycles. The minimum atomic E-state index is -3.92. The molecule has 0 atom stereocenters. The molecule has 8 nitrogen and oxygen atoms in total. The molecule has 0 unspecified atom stereocenters. The van der Waals surface area contributed by atoms with Gasteiger partial charge < -0.3 is 0 Å². The highest BCUT2D eigenvalue weighted by Crippen LogP contribution is 2.22. The number of nitrogens with zero attached hydrogens (tertiary/aromatic N) is 2. The molecule has 0 aliphatic heterocycles. The molecule has 0 bridgehead atoms. The van der Waals surface area contributed by atoms with E-state index in [1.807, 2.05) is 0 Å². The number of amides is 1. The predicted molar refractivity (Wildman–Crippen MR) is 145 cm³/mol. The molecule has 4 rings (SSSR count). The van der Waals surface area contributed by atoms with Crippen molar-refractivity contribution in [2.24, 2.45) is 0 Å². The lowest BCUT2D eigenvalue weighted by atomic mass is 10.1. The van der Waals surface area contributed by atoms with Crippen molar-refractivity contribution < 1.29 is 21.6 Å². The molecule has 0 saturated heterocycles. The zero-order chi connectivity index (χ0) is 27.2. The summed E-state index contributed by atoms with van der Waals surface area (Å²) < 4.78 is 55.1. The zero-order valence-electron chi connectivity index (χ0n) is 20.1. The number of carbonyl (C=O) groups excluding carboxylic acids is 1. The highest BCUT2D eigenvalue weighted by Gasteiger charge is 2.26. The van der Waals surface area contributed by atoms with Crippen molar-refractivity contribution in [3.8, 4) is 0 Å². The quantitative estimate of drug-likeness (QED) is 0.303. The smallest absolute Gasteiger partial charge is 0.264 e. The Balaban J connectivity index is 1.51. The maximum absolute atomic E-state index is 13.5. The Hall–Kier alpha value is -3.57. The average Bonchev–Trinajstić information content (AvgIpc) is 2.89. The van der Waals surface area contributed by atoms with Crippen molar-refractivity contribution in [1.82, 2.24) is 14.0 Å². The van der Waals surface area contributed by atoms with Crippen LogP contribution in [0.15, 0.2) is 108 Å². The fourth-order valence-corrected chi connectivity index (χ4v) is 6.28. The van der Waals surface area contributed by atoms with Crippen LogP contribution in [0.5, 0.6) is 0 Å². The van der Waals surface area contributed by atoms with Crippen LogP contribution in [-0.4, -0.2) is 32.0 Å². The van der Waals surface area contributed by atoms with Gasteiger partial charge in [-0.1, -0.05) is 60.1 Å². The van der Waals surface area contributed by atoms with Crippen molar-refractivity contribution in [2.75, 3.05) is 0 Å². The summed E-state index contributed by atoms with van der Waals surface area (Å²) in [5.41, 5.74) is 1.84. The topological polar surface area (TPSA) is 114 Å². The van der Waals surface area contributed by atoms with Crippen molar-refractivity contribution in [1.29, 1.82) is 0 Å². The van der Waals surface area contributed by atoms with E-state index in [0.29, 0.717) is 21.8 Å². The zero-order valence-corrected chi connectivity index (χ0v) is 22.5. The van der Waals surface area contributed by atoms with Gasteiger partial charge in [-0.3, -0.25) is 9.78 Å². The van der Waals surface area contributed by atoms with E-state index in [1.165, 1.54) is 40.7 Å². The standard InChI is InChI=1S/C27H24ClN3O5S2/c28-24-13-15-26(16-14-24)38(35,36)31(19-25-8-4-5-17-29-25)18-21-9-11-23(12-10-21)27(32)30-37(33,34)20-22-6-2-1-3-7-22/h1-17H,18-20H2,(H,30,32). The van der Waals surface area contributed by atoms with Crippen molar-refractivity contribution in [3.05, 3.63) is 131 Å². The molecule has 0 spiro atoms. The van der Waals surface area contributed by atoms with E-state index in [-0.39, 0.29) is 29.3 Å². The number of aromatic nitrogens is 1. The van der Waals surface area contributed by atoms with E-state index < -0.39 is 26.0 Å². The van der Waals surface area contributed by atoms with Gasteiger partial charge in [-0.2, -0.15) is 4.31 Å². The van der Waals surface area contributed by atoms with Crippen LogP contribution >= 0.6 is 11.6 Å². The van der Waals surface area contributed by atoms with E-state index in [1.54, 1.807) is 66.9 Å². The minimum absolute atomic E-state index is 0.00423. The Labute approximate surface area is 227 Å². The lowest BCUT2D eigenvalue weighted by Crippen LogP contribution is -2.32. The van der Waals surface area contributed by atoms with E-state index in [9.17, 15) is 21.6 Å². The van der Waals surface area contributed by atoms with Crippen LogP contribution in [0.1, 0.15) is 27.2 Å². The fourth-order valence-electron chi connectivity index (χ4n) is 3.65. The van der Waals surface area contributed by atoms with Gasteiger partial charge in [0.15, 0.2) is 0 Å². The van der Waals surface area contributed by atoms with Crippen molar-refractivity contribution in [2.45, 2.75) is 23.7 Å². The first-order valence-corrected chi connectivity index (χ1v) is 14.9. The van der Waals surface area contributed by atoms with Gasteiger partial charge in [0.05, 0.1) is 22.9 Å². The summed E-state index contributed by atoms with van der Waals surface area (Å²) in [6.07, 6.45) is 1.58. The third kappa shape index (κ3) is 7.26. The Morgan fingerprint density at radius 1 is 0.763 bits per heavy atom. The van der Waals surface area contributed by atoms with Gasteiger partial charge in [0.1, 0.15) is 0 Å². The first kappa shape index (κ1) is 27.5. The summed E-state index contributed by atoms with van der Waals surface area (Å²) in [4.78, 5) is 16.9. The molecule has 0 radical (unpaired) electrons. The molecule has 4 aromatic rings. The molecule has 0 aliphatic rings. The molecular formula is C27H24ClN3O5S2. The van der Waals surface area contributed by atoms with Crippen LogP contribution in [-0.2, 0) is 38.9 Å². The first-order chi connectivity index (χ1) is 18.1. The number of pyridine rings is 1. The SMILES string of the molecule is O=C(NS(=O)(=O)Cc1ccccc1)c1ccc(CN(Cc2ccccn2)S(=O)(=O)c2ccc(Cl)cc2)cc1. The van der Waals surface area contributed by atoms with Gasteiger partial charge in [-0.05, 0) is 59.7 Å². The van der Waals surface area contributed by atoms with Crippen molar-refractivity contribution >= 4 is 37.6 Å². The van der Waals surface area contributed by atoms with Crippen molar-refractivity contribution in [3.63, 3.8) is 0 Å². The molecule has 38 heavy (non-hydrogen) atoms. The lowest BCUT2D eigenvalue weighted by molar-refractivity contribution is 0.0981. The fraction of sp³-hybridized carbons (Fsp3) is 0.111.